The molecule has 0 aliphatic rings. The van der Waals surface area contributed by atoms with Crippen molar-refractivity contribution in [2.24, 2.45) is 5.73 Å². The number of amides is 1. The molecule has 0 heterocycles. The maximum absolute atomic E-state index is 11.9. The van der Waals surface area contributed by atoms with Gasteiger partial charge in [-0.15, -0.1) is 12.4 Å². The highest BCUT2D eigenvalue weighted by Gasteiger charge is 2.11. The van der Waals surface area contributed by atoms with Crippen LogP contribution in [0.4, 0.5) is 5.69 Å². The highest BCUT2D eigenvalue weighted by atomic mass is 35.5. The molecule has 0 fully saturated rings. The normalized spacial score (nSPS) is 11.4. The van der Waals surface area contributed by atoms with Gasteiger partial charge in [0.1, 0.15) is 0 Å². The average molecular weight is 365 g/mol. The zero-order chi connectivity index (χ0) is 17.2. The van der Waals surface area contributed by atoms with Gasteiger partial charge in [0, 0.05) is 19.3 Å². The van der Waals surface area contributed by atoms with Crippen LogP contribution in [-0.4, -0.2) is 25.7 Å². The minimum atomic E-state index is -0.254. The van der Waals surface area contributed by atoms with Gasteiger partial charge in [-0.2, -0.15) is 0 Å². The first-order valence-corrected chi connectivity index (χ1v) is 7.94. The van der Waals surface area contributed by atoms with E-state index in [1.54, 1.807) is 7.11 Å². The molecule has 25 heavy (non-hydrogen) atoms. The van der Waals surface area contributed by atoms with Gasteiger partial charge < -0.3 is 20.5 Å². The van der Waals surface area contributed by atoms with Crippen molar-refractivity contribution in [3.63, 3.8) is 0 Å². The lowest BCUT2D eigenvalue weighted by Gasteiger charge is -2.12. The molecule has 2 aromatic rings. The van der Waals surface area contributed by atoms with Crippen LogP contribution in [0.15, 0.2) is 54.6 Å². The fraction of sp³-hybridized carbons (Fsp3) is 0.316. The first kappa shape index (κ1) is 21.1. The summed E-state index contributed by atoms with van der Waals surface area (Å²) in [5.74, 6) is -0.111. The van der Waals surface area contributed by atoms with Gasteiger partial charge in [0.05, 0.1) is 25.7 Å². The van der Waals surface area contributed by atoms with E-state index in [9.17, 15) is 4.79 Å². The molecule has 2 aromatic carbocycles. The zero-order valence-corrected chi connectivity index (χ0v) is 15.1. The lowest BCUT2D eigenvalue weighted by molar-refractivity contribution is -0.118. The molecule has 6 heteroatoms. The van der Waals surface area contributed by atoms with Gasteiger partial charge in [0.2, 0.25) is 5.91 Å². The van der Waals surface area contributed by atoms with E-state index < -0.39 is 0 Å². The quantitative estimate of drug-likeness (QED) is 0.717. The van der Waals surface area contributed by atoms with Crippen molar-refractivity contribution in [1.82, 2.24) is 0 Å². The Bertz CT molecular complexity index is 616. The van der Waals surface area contributed by atoms with Crippen LogP contribution in [-0.2, 0) is 27.5 Å². The van der Waals surface area contributed by atoms with E-state index in [0.29, 0.717) is 19.8 Å². The van der Waals surface area contributed by atoms with Crippen LogP contribution in [0.2, 0.25) is 0 Å². The number of halogens is 1. The smallest absolute Gasteiger partial charge is 0.227 e. The molecule has 2 rings (SSSR count). The SMILES string of the molecule is COC(CN)CC(=O)Nc1ccc(COCc2ccccc2)cc1.Cl. The molecule has 0 aliphatic heterocycles. The van der Waals surface area contributed by atoms with Crippen molar-refractivity contribution >= 4 is 24.0 Å². The summed E-state index contributed by atoms with van der Waals surface area (Å²) in [5, 5.41) is 2.83. The van der Waals surface area contributed by atoms with Crippen LogP contribution in [0.5, 0.6) is 0 Å². The van der Waals surface area contributed by atoms with Crippen molar-refractivity contribution in [3.8, 4) is 0 Å². The molecule has 1 unspecified atom stereocenters. The summed E-state index contributed by atoms with van der Waals surface area (Å²) in [7, 11) is 1.55. The van der Waals surface area contributed by atoms with Crippen molar-refractivity contribution in [2.75, 3.05) is 19.0 Å². The fourth-order valence-electron chi connectivity index (χ4n) is 2.23. The Morgan fingerprint density at radius 1 is 1.04 bits per heavy atom. The molecule has 136 valence electrons. The maximum Gasteiger partial charge on any atom is 0.227 e. The van der Waals surface area contributed by atoms with Gasteiger partial charge in [0.25, 0.3) is 0 Å². The first-order chi connectivity index (χ1) is 11.7. The Morgan fingerprint density at radius 3 is 2.20 bits per heavy atom. The predicted octanol–water partition coefficient (Wildman–Crippen LogP) is 3.13. The van der Waals surface area contributed by atoms with E-state index in [0.717, 1.165) is 16.8 Å². The summed E-state index contributed by atoms with van der Waals surface area (Å²) in [6.45, 7) is 1.43. The highest BCUT2D eigenvalue weighted by Crippen LogP contribution is 2.12. The predicted molar refractivity (Wildman–Crippen MR) is 102 cm³/mol. The Morgan fingerprint density at radius 2 is 1.64 bits per heavy atom. The molecule has 3 N–H and O–H groups in total. The Labute approximate surface area is 154 Å². The van der Waals surface area contributed by atoms with Crippen LogP contribution in [0.25, 0.3) is 0 Å². The van der Waals surface area contributed by atoms with Crippen LogP contribution >= 0.6 is 12.4 Å². The number of nitrogens with two attached hydrogens (primary N) is 1. The Hall–Kier alpha value is -1.92. The van der Waals surface area contributed by atoms with Gasteiger partial charge in [-0.05, 0) is 23.3 Å². The molecule has 0 saturated heterocycles. The Kier molecular flexibility index (Phi) is 9.80. The third-order valence-electron chi connectivity index (χ3n) is 3.63. The van der Waals surface area contributed by atoms with Gasteiger partial charge in [-0.25, -0.2) is 0 Å². The van der Waals surface area contributed by atoms with E-state index in [-0.39, 0.29) is 30.8 Å². The lowest BCUT2D eigenvalue weighted by atomic mass is 10.2. The van der Waals surface area contributed by atoms with E-state index in [1.165, 1.54) is 0 Å². The number of ether oxygens (including phenoxy) is 2. The summed E-state index contributed by atoms with van der Waals surface area (Å²) < 4.78 is 10.8. The highest BCUT2D eigenvalue weighted by molar-refractivity contribution is 5.91. The third-order valence-corrected chi connectivity index (χ3v) is 3.63. The zero-order valence-electron chi connectivity index (χ0n) is 14.3. The summed E-state index contributed by atoms with van der Waals surface area (Å²) >= 11 is 0. The number of carbonyl (C=O) groups is 1. The monoisotopic (exact) mass is 364 g/mol. The summed E-state index contributed by atoms with van der Waals surface area (Å²) in [4.78, 5) is 11.9. The second-order valence-electron chi connectivity index (χ2n) is 5.52. The lowest BCUT2D eigenvalue weighted by Crippen LogP contribution is -2.28. The van der Waals surface area contributed by atoms with Gasteiger partial charge in [-0.3, -0.25) is 4.79 Å². The molecule has 1 atom stereocenters. The van der Waals surface area contributed by atoms with Crippen molar-refractivity contribution in [2.45, 2.75) is 25.7 Å². The van der Waals surface area contributed by atoms with Crippen LogP contribution in [0, 0.1) is 0 Å². The number of methoxy groups -OCH3 is 1. The molecule has 0 bridgehead atoms. The number of rotatable bonds is 9. The third kappa shape index (κ3) is 7.67. The largest absolute Gasteiger partial charge is 0.380 e. The molecule has 0 aromatic heterocycles. The standard InChI is InChI=1S/C19H24N2O3.ClH/c1-23-18(12-20)11-19(22)21-17-9-7-16(8-10-17)14-24-13-15-5-3-2-4-6-15;/h2-10,18H,11-14,20H2,1H3,(H,21,22);1H. The average Bonchev–Trinajstić information content (AvgIpc) is 2.62. The summed E-state index contributed by atoms with van der Waals surface area (Å²) in [6, 6.07) is 17.7. The van der Waals surface area contributed by atoms with E-state index >= 15 is 0 Å². The number of benzene rings is 2. The minimum Gasteiger partial charge on any atom is -0.380 e. The van der Waals surface area contributed by atoms with Crippen molar-refractivity contribution < 1.29 is 14.3 Å². The number of anilines is 1. The van der Waals surface area contributed by atoms with E-state index in [2.05, 4.69) is 5.32 Å². The molecule has 1 amide bonds. The first-order valence-electron chi connectivity index (χ1n) is 7.94. The van der Waals surface area contributed by atoms with E-state index in [1.807, 2.05) is 54.6 Å². The second kappa shape index (κ2) is 11.6. The molecular formula is C19H25ClN2O3. The van der Waals surface area contributed by atoms with Gasteiger partial charge in [0.15, 0.2) is 0 Å². The molecular weight excluding hydrogens is 340 g/mol. The van der Waals surface area contributed by atoms with E-state index in [4.69, 9.17) is 15.2 Å². The molecule has 0 saturated carbocycles. The molecule has 0 radical (unpaired) electrons. The minimum absolute atomic E-state index is 0. The molecule has 5 nitrogen and oxygen atoms in total. The van der Waals surface area contributed by atoms with Gasteiger partial charge >= 0.3 is 0 Å². The number of hydrogen-bond donors (Lipinski definition) is 2. The summed E-state index contributed by atoms with van der Waals surface area (Å²) in [6.07, 6.45) is -0.00904. The van der Waals surface area contributed by atoms with Crippen molar-refractivity contribution in [1.29, 1.82) is 0 Å². The topological polar surface area (TPSA) is 73.6 Å². The molecule has 0 aliphatic carbocycles. The van der Waals surface area contributed by atoms with Crippen LogP contribution < -0.4 is 11.1 Å². The van der Waals surface area contributed by atoms with Crippen LogP contribution in [0.3, 0.4) is 0 Å². The van der Waals surface area contributed by atoms with Crippen molar-refractivity contribution in [3.05, 3.63) is 65.7 Å². The molecule has 0 spiro atoms. The Balaban J connectivity index is 0.00000312. The van der Waals surface area contributed by atoms with Crippen LogP contribution in [0.1, 0.15) is 17.5 Å². The summed E-state index contributed by atoms with van der Waals surface area (Å²) in [5.41, 5.74) is 8.47. The second-order valence-corrected chi connectivity index (χ2v) is 5.52. The van der Waals surface area contributed by atoms with Gasteiger partial charge in [-0.1, -0.05) is 42.5 Å². The fourth-order valence-corrected chi connectivity index (χ4v) is 2.23. The number of carbonyl (C=O) groups excluding carboxylic acids is 1. The maximum atomic E-state index is 11.9. The number of nitrogens with one attached hydrogen (secondary N) is 1. The number of hydrogen-bond acceptors (Lipinski definition) is 4.